The van der Waals surface area contributed by atoms with Gasteiger partial charge < -0.3 is 9.84 Å². The highest BCUT2D eigenvalue weighted by Gasteiger charge is 2.19. The van der Waals surface area contributed by atoms with Crippen LogP contribution in [0.15, 0.2) is 47.4 Å². The van der Waals surface area contributed by atoms with Crippen LogP contribution in [-0.2, 0) is 13.1 Å². The van der Waals surface area contributed by atoms with Crippen molar-refractivity contribution in [2.24, 2.45) is 5.92 Å². The van der Waals surface area contributed by atoms with Crippen molar-refractivity contribution in [2.45, 2.75) is 37.9 Å². The first-order valence-corrected chi connectivity index (χ1v) is 10.1. The molecule has 4 heteroatoms. The molecule has 0 bridgehead atoms. The third-order valence-corrected chi connectivity index (χ3v) is 5.43. The monoisotopic (exact) mass is 357 g/mol. The predicted molar refractivity (Wildman–Crippen MR) is 104 cm³/mol. The molecule has 1 unspecified atom stereocenters. The minimum absolute atomic E-state index is 0.204. The lowest BCUT2D eigenvalue weighted by molar-refractivity contribution is 0.126. The van der Waals surface area contributed by atoms with E-state index in [9.17, 15) is 5.11 Å². The molecular weight excluding hydrogens is 330 g/mol. The maximum Gasteiger partial charge on any atom is 0.123 e. The fourth-order valence-electron chi connectivity index (χ4n) is 3.16. The van der Waals surface area contributed by atoms with Crippen LogP contribution in [0.5, 0.6) is 5.75 Å². The molecule has 2 aromatic rings. The number of thioether (sulfide) groups is 1. The Kier molecular flexibility index (Phi) is 6.05. The SMILES string of the molecule is CSc1ccc(CN2CCOc3ccc(C(O)C(C)C)cc3C2)cc1. The normalized spacial score (nSPS) is 16.2. The van der Waals surface area contributed by atoms with Gasteiger partial charge >= 0.3 is 0 Å². The standard InChI is InChI=1S/C21H27NO2S/c1-15(2)21(23)17-6-9-20-18(12-17)14-22(10-11-24-20)13-16-4-7-19(25-3)8-5-16/h4-9,12,15,21,23H,10-11,13-14H2,1-3H3. The van der Waals surface area contributed by atoms with E-state index in [4.69, 9.17) is 4.74 Å². The Morgan fingerprint density at radius 1 is 1.16 bits per heavy atom. The third kappa shape index (κ3) is 4.57. The fourth-order valence-corrected chi connectivity index (χ4v) is 3.57. The van der Waals surface area contributed by atoms with Crippen LogP contribution in [0.2, 0.25) is 0 Å². The first-order chi connectivity index (χ1) is 12.1. The van der Waals surface area contributed by atoms with Crippen LogP contribution in [0.4, 0.5) is 0 Å². The summed E-state index contributed by atoms with van der Waals surface area (Å²) in [7, 11) is 0. The minimum Gasteiger partial charge on any atom is -0.492 e. The Labute approximate surface area is 155 Å². The van der Waals surface area contributed by atoms with Crippen LogP contribution < -0.4 is 4.74 Å². The zero-order valence-corrected chi connectivity index (χ0v) is 16.1. The van der Waals surface area contributed by atoms with E-state index >= 15 is 0 Å². The van der Waals surface area contributed by atoms with E-state index in [0.717, 1.165) is 36.5 Å². The number of benzene rings is 2. The lowest BCUT2D eigenvalue weighted by Gasteiger charge is -2.20. The summed E-state index contributed by atoms with van der Waals surface area (Å²) >= 11 is 1.77. The highest BCUT2D eigenvalue weighted by Crippen LogP contribution is 2.30. The summed E-state index contributed by atoms with van der Waals surface area (Å²) in [6, 6.07) is 14.9. The van der Waals surface area contributed by atoms with Crippen molar-refractivity contribution in [3.8, 4) is 5.75 Å². The summed E-state index contributed by atoms with van der Waals surface area (Å²) in [6.07, 6.45) is 1.67. The number of nitrogens with zero attached hydrogens (tertiary/aromatic N) is 1. The summed E-state index contributed by atoms with van der Waals surface area (Å²) in [4.78, 5) is 3.70. The Hall–Kier alpha value is -1.49. The lowest BCUT2D eigenvalue weighted by Crippen LogP contribution is -2.25. The molecule has 1 aliphatic rings. The van der Waals surface area contributed by atoms with Gasteiger partial charge in [0.2, 0.25) is 0 Å². The number of fused-ring (bicyclic) bond motifs is 1. The van der Waals surface area contributed by atoms with E-state index < -0.39 is 6.10 Å². The second kappa shape index (κ2) is 8.26. The smallest absolute Gasteiger partial charge is 0.123 e. The van der Waals surface area contributed by atoms with Gasteiger partial charge in [0, 0.05) is 30.1 Å². The highest BCUT2D eigenvalue weighted by molar-refractivity contribution is 7.98. The predicted octanol–water partition coefficient (Wildman–Crippen LogP) is 4.49. The molecule has 3 nitrogen and oxygen atoms in total. The van der Waals surface area contributed by atoms with Gasteiger partial charge in [0.1, 0.15) is 12.4 Å². The number of hydrogen-bond donors (Lipinski definition) is 1. The average molecular weight is 358 g/mol. The van der Waals surface area contributed by atoms with Gasteiger partial charge in [-0.2, -0.15) is 0 Å². The molecular formula is C21H27NO2S. The molecule has 0 amide bonds. The van der Waals surface area contributed by atoms with E-state index in [-0.39, 0.29) is 5.92 Å². The van der Waals surface area contributed by atoms with Gasteiger partial charge in [0.25, 0.3) is 0 Å². The summed E-state index contributed by atoms with van der Waals surface area (Å²) in [6.45, 7) is 7.43. The van der Waals surface area contributed by atoms with Crippen LogP contribution in [0.1, 0.15) is 36.6 Å². The Morgan fingerprint density at radius 3 is 2.60 bits per heavy atom. The van der Waals surface area contributed by atoms with E-state index in [1.165, 1.54) is 10.5 Å². The Morgan fingerprint density at radius 2 is 1.92 bits per heavy atom. The first-order valence-electron chi connectivity index (χ1n) is 8.86. The van der Waals surface area contributed by atoms with Crippen LogP contribution in [0.25, 0.3) is 0 Å². The van der Waals surface area contributed by atoms with Crippen molar-refractivity contribution in [1.29, 1.82) is 0 Å². The molecule has 0 saturated heterocycles. The van der Waals surface area contributed by atoms with Crippen molar-refractivity contribution >= 4 is 11.8 Å². The topological polar surface area (TPSA) is 32.7 Å². The molecule has 0 saturated carbocycles. The van der Waals surface area contributed by atoms with Crippen molar-refractivity contribution in [3.63, 3.8) is 0 Å². The quantitative estimate of drug-likeness (QED) is 0.799. The van der Waals surface area contributed by atoms with Crippen LogP contribution in [-0.4, -0.2) is 29.4 Å². The van der Waals surface area contributed by atoms with Crippen molar-refractivity contribution in [3.05, 3.63) is 59.2 Å². The zero-order chi connectivity index (χ0) is 17.8. The lowest BCUT2D eigenvalue weighted by atomic mass is 9.97. The first kappa shape index (κ1) is 18.3. The summed E-state index contributed by atoms with van der Waals surface area (Å²) in [5.74, 6) is 1.15. The second-order valence-electron chi connectivity index (χ2n) is 6.96. The number of aliphatic hydroxyl groups is 1. The van der Waals surface area contributed by atoms with Crippen LogP contribution in [0, 0.1) is 5.92 Å². The molecule has 0 spiro atoms. The number of rotatable bonds is 5. The van der Waals surface area contributed by atoms with Gasteiger partial charge in [0.15, 0.2) is 0 Å². The number of hydrogen-bond acceptors (Lipinski definition) is 4. The fraction of sp³-hybridized carbons (Fsp3) is 0.429. The largest absolute Gasteiger partial charge is 0.492 e. The molecule has 0 fully saturated rings. The van der Waals surface area contributed by atoms with Gasteiger partial charge in [-0.25, -0.2) is 0 Å². The van der Waals surface area contributed by atoms with E-state index in [1.807, 2.05) is 26.0 Å². The molecule has 0 radical (unpaired) electrons. The van der Waals surface area contributed by atoms with E-state index in [2.05, 4.69) is 41.5 Å². The molecule has 2 aromatic carbocycles. The number of ether oxygens (including phenoxy) is 1. The summed E-state index contributed by atoms with van der Waals surface area (Å²) < 4.78 is 5.92. The molecule has 3 rings (SSSR count). The van der Waals surface area contributed by atoms with Crippen molar-refractivity contribution in [2.75, 3.05) is 19.4 Å². The van der Waals surface area contributed by atoms with Gasteiger partial charge in [0.05, 0.1) is 6.10 Å². The molecule has 1 heterocycles. The highest BCUT2D eigenvalue weighted by atomic mass is 32.2. The summed E-state index contributed by atoms with van der Waals surface area (Å²) in [5, 5.41) is 10.4. The van der Waals surface area contributed by atoms with E-state index in [1.54, 1.807) is 11.8 Å². The van der Waals surface area contributed by atoms with Gasteiger partial charge in [-0.15, -0.1) is 11.8 Å². The molecule has 25 heavy (non-hydrogen) atoms. The molecule has 0 aromatic heterocycles. The molecule has 1 N–H and O–H groups in total. The second-order valence-corrected chi connectivity index (χ2v) is 7.84. The molecule has 1 atom stereocenters. The molecule has 0 aliphatic carbocycles. The van der Waals surface area contributed by atoms with E-state index in [0.29, 0.717) is 6.61 Å². The Bertz CT molecular complexity index is 700. The molecule has 134 valence electrons. The van der Waals surface area contributed by atoms with Gasteiger partial charge in [-0.05, 0) is 47.6 Å². The van der Waals surface area contributed by atoms with Crippen LogP contribution in [0.3, 0.4) is 0 Å². The molecule has 1 aliphatic heterocycles. The average Bonchev–Trinajstić information content (AvgIpc) is 2.82. The number of aliphatic hydroxyl groups excluding tert-OH is 1. The summed E-state index contributed by atoms with van der Waals surface area (Å²) in [5.41, 5.74) is 3.46. The maximum absolute atomic E-state index is 10.4. The van der Waals surface area contributed by atoms with Crippen molar-refractivity contribution < 1.29 is 9.84 Å². The zero-order valence-electron chi connectivity index (χ0n) is 15.2. The van der Waals surface area contributed by atoms with Gasteiger partial charge in [-0.3, -0.25) is 4.90 Å². The van der Waals surface area contributed by atoms with Gasteiger partial charge in [-0.1, -0.05) is 32.0 Å². The van der Waals surface area contributed by atoms with Crippen LogP contribution >= 0.6 is 11.8 Å². The Balaban J connectivity index is 1.75. The third-order valence-electron chi connectivity index (χ3n) is 4.68. The van der Waals surface area contributed by atoms with Crippen molar-refractivity contribution in [1.82, 2.24) is 4.90 Å². The maximum atomic E-state index is 10.4. The minimum atomic E-state index is -0.430.